The number of hydrogen-bond donors (Lipinski definition) is 3. The van der Waals surface area contributed by atoms with Crippen LogP contribution < -0.4 is 21.5 Å². The fraction of sp³-hybridized carbons (Fsp3) is 0.474. The van der Waals surface area contributed by atoms with E-state index < -0.39 is 17.0 Å². The number of aromatic nitrogens is 2. The number of benzene rings is 1. The number of nitro groups is 1. The second kappa shape index (κ2) is 9.74. The van der Waals surface area contributed by atoms with Crippen LogP contribution in [-0.2, 0) is 13.0 Å². The molecule has 1 aliphatic carbocycles. The van der Waals surface area contributed by atoms with Crippen LogP contribution in [0.2, 0.25) is 5.02 Å². The summed E-state index contributed by atoms with van der Waals surface area (Å²) in [5.74, 6) is -0.653. The number of halogens is 4. The van der Waals surface area contributed by atoms with Crippen LogP contribution in [0, 0.1) is 16.0 Å². The monoisotopic (exact) mass is 474 g/mol. The van der Waals surface area contributed by atoms with Crippen molar-refractivity contribution in [3.05, 3.63) is 44.6 Å². The SMILES string of the molecule is Nc1nc(NCc2cc(Cl)ccc2OC(F)(F)F)nc(CC2CCC(N)CC2)c1[N+](=O)[O-]. The summed E-state index contributed by atoms with van der Waals surface area (Å²) in [6.45, 7) is -0.180. The normalized spacial score (nSPS) is 18.9. The Kier molecular flexibility index (Phi) is 7.24. The topological polar surface area (TPSA) is 142 Å². The zero-order chi connectivity index (χ0) is 23.5. The number of nitrogen functional groups attached to an aromatic ring is 1. The van der Waals surface area contributed by atoms with Crippen LogP contribution in [0.4, 0.5) is 30.6 Å². The predicted octanol–water partition coefficient (Wildman–Crippen LogP) is 4.19. The highest BCUT2D eigenvalue weighted by molar-refractivity contribution is 6.30. The Balaban J connectivity index is 1.82. The van der Waals surface area contributed by atoms with Crippen LogP contribution in [0.5, 0.6) is 5.75 Å². The molecule has 0 atom stereocenters. The Hall–Kier alpha value is -2.86. The van der Waals surface area contributed by atoms with Gasteiger partial charge in [0.05, 0.1) is 4.92 Å². The second-order valence-corrected chi connectivity index (χ2v) is 8.06. The molecule has 0 saturated heterocycles. The van der Waals surface area contributed by atoms with Crippen molar-refractivity contribution in [2.24, 2.45) is 11.7 Å². The van der Waals surface area contributed by atoms with E-state index in [0.717, 1.165) is 31.7 Å². The molecule has 174 valence electrons. The van der Waals surface area contributed by atoms with Crippen LogP contribution in [0.25, 0.3) is 0 Å². The third kappa shape index (κ3) is 6.33. The Morgan fingerprint density at radius 1 is 1.25 bits per heavy atom. The number of anilines is 2. The van der Waals surface area contributed by atoms with Crippen molar-refractivity contribution in [1.29, 1.82) is 0 Å². The van der Waals surface area contributed by atoms with Crippen LogP contribution in [0.1, 0.15) is 36.9 Å². The number of nitrogens with two attached hydrogens (primary N) is 2. The van der Waals surface area contributed by atoms with Gasteiger partial charge in [0.15, 0.2) is 0 Å². The van der Waals surface area contributed by atoms with Gasteiger partial charge in [0.25, 0.3) is 0 Å². The molecule has 0 spiro atoms. The first kappa shape index (κ1) is 23.8. The van der Waals surface area contributed by atoms with E-state index in [0.29, 0.717) is 6.42 Å². The van der Waals surface area contributed by atoms with E-state index in [1.165, 1.54) is 12.1 Å². The fourth-order valence-electron chi connectivity index (χ4n) is 3.69. The molecule has 1 aliphatic rings. The second-order valence-electron chi connectivity index (χ2n) is 7.62. The van der Waals surface area contributed by atoms with Gasteiger partial charge < -0.3 is 21.5 Å². The molecule has 0 bridgehead atoms. The number of hydrogen-bond acceptors (Lipinski definition) is 8. The molecule has 0 amide bonds. The van der Waals surface area contributed by atoms with Crippen molar-refractivity contribution in [3.63, 3.8) is 0 Å². The number of nitrogens with zero attached hydrogens (tertiary/aromatic N) is 3. The maximum absolute atomic E-state index is 12.7. The van der Waals surface area contributed by atoms with E-state index in [1.54, 1.807) is 0 Å². The van der Waals surface area contributed by atoms with Crippen LogP contribution in [0.3, 0.4) is 0 Å². The molecule has 1 heterocycles. The van der Waals surface area contributed by atoms with E-state index in [1.807, 2.05) is 0 Å². The highest BCUT2D eigenvalue weighted by atomic mass is 35.5. The zero-order valence-electron chi connectivity index (χ0n) is 16.9. The number of ether oxygens (including phenoxy) is 1. The summed E-state index contributed by atoms with van der Waals surface area (Å²) in [6.07, 6.45) is -1.30. The van der Waals surface area contributed by atoms with Gasteiger partial charge in [-0.1, -0.05) is 11.6 Å². The van der Waals surface area contributed by atoms with E-state index in [-0.39, 0.29) is 52.2 Å². The van der Waals surface area contributed by atoms with Crippen molar-refractivity contribution < 1.29 is 22.8 Å². The van der Waals surface area contributed by atoms with Crippen LogP contribution in [-0.4, -0.2) is 27.3 Å². The van der Waals surface area contributed by atoms with Gasteiger partial charge in [-0.3, -0.25) is 10.1 Å². The quantitative estimate of drug-likeness (QED) is 0.400. The third-order valence-electron chi connectivity index (χ3n) is 5.22. The Morgan fingerprint density at radius 2 is 1.94 bits per heavy atom. The highest BCUT2D eigenvalue weighted by Crippen LogP contribution is 2.33. The lowest BCUT2D eigenvalue weighted by Gasteiger charge is -2.25. The molecule has 5 N–H and O–H groups in total. The smallest absolute Gasteiger partial charge is 0.405 e. The zero-order valence-corrected chi connectivity index (χ0v) is 17.6. The average molecular weight is 475 g/mol. The van der Waals surface area contributed by atoms with E-state index in [4.69, 9.17) is 23.1 Å². The Morgan fingerprint density at radius 3 is 2.56 bits per heavy atom. The van der Waals surface area contributed by atoms with Gasteiger partial charge in [-0.15, -0.1) is 13.2 Å². The molecule has 1 aromatic heterocycles. The summed E-state index contributed by atoms with van der Waals surface area (Å²) in [7, 11) is 0. The summed E-state index contributed by atoms with van der Waals surface area (Å²) < 4.78 is 42.0. The lowest BCUT2D eigenvalue weighted by atomic mass is 9.83. The molecule has 1 fully saturated rings. The minimum Gasteiger partial charge on any atom is -0.405 e. The van der Waals surface area contributed by atoms with Crippen molar-refractivity contribution in [3.8, 4) is 5.75 Å². The van der Waals surface area contributed by atoms with E-state index in [9.17, 15) is 23.3 Å². The average Bonchev–Trinajstić information content (AvgIpc) is 2.68. The third-order valence-corrected chi connectivity index (χ3v) is 5.46. The van der Waals surface area contributed by atoms with Gasteiger partial charge in [-0.2, -0.15) is 4.98 Å². The first-order chi connectivity index (χ1) is 15.0. The van der Waals surface area contributed by atoms with Crippen LogP contribution in [0.15, 0.2) is 18.2 Å². The summed E-state index contributed by atoms with van der Waals surface area (Å²) in [5.41, 5.74) is 11.6. The lowest BCUT2D eigenvalue weighted by molar-refractivity contribution is -0.385. The first-order valence-electron chi connectivity index (χ1n) is 9.86. The molecule has 3 rings (SSSR count). The van der Waals surface area contributed by atoms with Crippen molar-refractivity contribution in [2.75, 3.05) is 11.1 Å². The largest absolute Gasteiger partial charge is 0.573 e. The molecule has 1 saturated carbocycles. The van der Waals surface area contributed by atoms with E-state index in [2.05, 4.69) is 20.0 Å². The molecule has 0 unspecified atom stereocenters. The summed E-state index contributed by atoms with van der Waals surface area (Å²) in [4.78, 5) is 19.0. The predicted molar refractivity (Wildman–Crippen MR) is 112 cm³/mol. The van der Waals surface area contributed by atoms with Crippen molar-refractivity contribution in [1.82, 2.24) is 9.97 Å². The maximum atomic E-state index is 12.7. The molecule has 0 radical (unpaired) electrons. The summed E-state index contributed by atoms with van der Waals surface area (Å²) in [5, 5.41) is 14.5. The molecular formula is C19H22ClF3N6O3. The standard InChI is InChI=1S/C19H22ClF3N6O3/c20-12-3-6-15(32-19(21,22)23)11(8-12)9-26-18-27-14(16(29(30)31)17(25)28-18)7-10-1-4-13(24)5-2-10/h3,6,8,10,13H,1-2,4-5,7,9,24H2,(H3,25,26,27,28). The summed E-state index contributed by atoms with van der Waals surface area (Å²) >= 11 is 5.89. The Labute approximate surface area is 186 Å². The van der Waals surface area contributed by atoms with Gasteiger partial charge in [0.1, 0.15) is 11.4 Å². The fourth-order valence-corrected chi connectivity index (χ4v) is 3.89. The molecular weight excluding hydrogens is 453 g/mol. The Bertz CT molecular complexity index is 984. The molecule has 0 aliphatic heterocycles. The molecule has 13 heteroatoms. The number of alkyl halides is 3. The molecule has 2 aromatic rings. The first-order valence-corrected chi connectivity index (χ1v) is 10.2. The minimum absolute atomic E-state index is 0.0476. The molecule has 32 heavy (non-hydrogen) atoms. The summed E-state index contributed by atoms with van der Waals surface area (Å²) in [6, 6.07) is 3.79. The van der Waals surface area contributed by atoms with Gasteiger partial charge in [-0.05, 0) is 56.2 Å². The molecule has 9 nitrogen and oxygen atoms in total. The number of rotatable bonds is 7. The number of nitrogens with one attached hydrogen (secondary N) is 1. The van der Waals surface area contributed by atoms with Gasteiger partial charge in [0.2, 0.25) is 11.8 Å². The highest BCUT2D eigenvalue weighted by Gasteiger charge is 2.32. The maximum Gasteiger partial charge on any atom is 0.573 e. The lowest BCUT2D eigenvalue weighted by Crippen LogP contribution is -2.27. The minimum atomic E-state index is -4.88. The van der Waals surface area contributed by atoms with Gasteiger partial charge in [0, 0.05) is 23.2 Å². The van der Waals surface area contributed by atoms with E-state index >= 15 is 0 Å². The van der Waals surface area contributed by atoms with Gasteiger partial charge in [-0.25, -0.2) is 4.98 Å². The van der Waals surface area contributed by atoms with Gasteiger partial charge >= 0.3 is 12.0 Å². The van der Waals surface area contributed by atoms with Crippen molar-refractivity contribution in [2.45, 2.75) is 51.1 Å². The van der Waals surface area contributed by atoms with Crippen LogP contribution >= 0.6 is 11.6 Å². The molecule has 1 aromatic carbocycles. The van der Waals surface area contributed by atoms with Crippen molar-refractivity contribution >= 4 is 29.1 Å².